The van der Waals surface area contributed by atoms with Gasteiger partial charge in [0.25, 0.3) is 0 Å². The fraction of sp³-hybridized carbons (Fsp3) is 0.364. The fourth-order valence-electron chi connectivity index (χ4n) is 9.40. The van der Waals surface area contributed by atoms with Crippen molar-refractivity contribution in [2.75, 3.05) is 89.5 Å². The molecule has 0 atom stereocenters. The van der Waals surface area contributed by atoms with Crippen LogP contribution in [0.2, 0.25) is 0 Å². The number of nitrogens with zero attached hydrogens (tertiary/aromatic N) is 9. The van der Waals surface area contributed by atoms with E-state index in [2.05, 4.69) is 77.3 Å². The quantitative estimate of drug-likeness (QED) is 0.0167. The summed E-state index contributed by atoms with van der Waals surface area (Å²) in [5.74, 6) is 2.03. The summed E-state index contributed by atoms with van der Waals surface area (Å²) < 4.78 is 29.6. The first-order valence-corrected chi connectivity index (χ1v) is 30.7. The van der Waals surface area contributed by atoms with Gasteiger partial charge in [-0.2, -0.15) is 15.3 Å². The number of ether oxygens (including phenoxy) is 6. The van der Waals surface area contributed by atoms with Gasteiger partial charge in [-0.05, 0) is 139 Å². The summed E-state index contributed by atoms with van der Waals surface area (Å²) in [5.41, 5.74) is 11.2. The lowest BCUT2D eigenvalue weighted by molar-refractivity contribution is -0.119. The molecule has 6 heterocycles. The van der Waals surface area contributed by atoms with Gasteiger partial charge in [-0.1, -0.05) is 18.2 Å². The number of alkyl carbamates (subject to hydrolysis) is 2. The summed E-state index contributed by atoms with van der Waals surface area (Å²) in [4.78, 5) is 89.5. The number of aromatic nitrogens is 9. The maximum Gasteiger partial charge on any atom is 0.407 e. The van der Waals surface area contributed by atoms with Crippen LogP contribution in [0.25, 0.3) is 33.1 Å². The van der Waals surface area contributed by atoms with E-state index in [-0.39, 0.29) is 30.1 Å². The Bertz CT molecular complexity index is 3880. The van der Waals surface area contributed by atoms with Gasteiger partial charge in [-0.15, -0.1) is 12.4 Å². The SMILES string of the molecule is COC(=O)Cl.COC(=O)NCCCN(C(=O)CCc1[nH]nc2ncccc12)c1cccc(OC)c1.COc1cccc(N(CCCN)C(=O)CCc2[nH]nc3ncccc23)c1.COc1cccc(N(CCCNC(=O)OC(C)(C)C)C(=O)CCc2[nH]nc3ncccc23)c1.Cl. The normalized spacial score (nSPS) is 10.6. The van der Waals surface area contributed by atoms with Crippen LogP contribution in [0.15, 0.2) is 128 Å². The molecule has 27 nitrogen and oxygen atoms in total. The number of halogens is 2. The molecular formula is C66H83Cl2N15O12. The van der Waals surface area contributed by atoms with Crippen molar-refractivity contribution < 1.29 is 57.2 Å². The molecule has 0 bridgehead atoms. The first-order chi connectivity index (χ1) is 45.4. The highest BCUT2D eigenvalue weighted by Crippen LogP contribution is 2.27. The maximum atomic E-state index is 13.2. The number of H-pyrrole nitrogens is 3. The average Bonchev–Trinajstić information content (AvgIpc) is 2.15. The Morgan fingerprint density at radius 3 is 1.14 bits per heavy atom. The van der Waals surface area contributed by atoms with Crippen molar-refractivity contribution in [3.05, 3.63) is 145 Å². The summed E-state index contributed by atoms with van der Waals surface area (Å²) in [6.45, 7) is 8.22. The van der Waals surface area contributed by atoms with E-state index in [1.165, 1.54) is 14.2 Å². The highest BCUT2D eigenvalue weighted by Gasteiger charge is 2.22. The molecule has 0 saturated heterocycles. The van der Waals surface area contributed by atoms with Gasteiger partial charge in [-0.3, -0.25) is 29.7 Å². The zero-order valence-electron chi connectivity index (χ0n) is 54.5. The number of hydrogen-bond acceptors (Lipinski definition) is 19. The van der Waals surface area contributed by atoms with E-state index in [4.69, 9.17) is 24.7 Å². The third-order valence-corrected chi connectivity index (χ3v) is 14.1. The van der Waals surface area contributed by atoms with Crippen molar-refractivity contribution in [2.24, 2.45) is 5.73 Å². The Morgan fingerprint density at radius 2 is 0.832 bits per heavy atom. The molecule has 0 unspecified atom stereocenters. The van der Waals surface area contributed by atoms with Gasteiger partial charge >= 0.3 is 17.6 Å². The largest absolute Gasteiger partial charge is 0.497 e. The lowest BCUT2D eigenvalue weighted by atomic mass is 10.1. The average molecular weight is 1350 g/mol. The summed E-state index contributed by atoms with van der Waals surface area (Å²) in [7, 11) is 7.32. The van der Waals surface area contributed by atoms with Gasteiger partial charge in [0.1, 0.15) is 22.8 Å². The van der Waals surface area contributed by atoms with E-state index in [1.807, 2.05) is 130 Å². The molecule has 508 valence electrons. The first-order valence-electron chi connectivity index (χ1n) is 30.3. The second-order valence-electron chi connectivity index (χ2n) is 21.6. The molecule has 7 N–H and O–H groups in total. The fourth-order valence-corrected chi connectivity index (χ4v) is 9.40. The number of hydrogen-bond donors (Lipinski definition) is 6. The minimum atomic E-state index is -0.773. The monoisotopic (exact) mass is 1350 g/mol. The minimum Gasteiger partial charge on any atom is -0.497 e. The van der Waals surface area contributed by atoms with Gasteiger partial charge < -0.3 is 59.5 Å². The number of amides is 5. The third kappa shape index (κ3) is 24.4. The van der Waals surface area contributed by atoms with Crippen molar-refractivity contribution in [1.82, 2.24) is 56.2 Å². The smallest absolute Gasteiger partial charge is 0.407 e. The van der Waals surface area contributed by atoms with Crippen molar-refractivity contribution >= 4 is 110 Å². The van der Waals surface area contributed by atoms with Crippen LogP contribution >= 0.6 is 24.0 Å². The molecule has 0 aliphatic heterocycles. The van der Waals surface area contributed by atoms with E-state index in [0.717, 1.165) is 62.5 Å². The van der Waals surface area contributed by atoms with E-state index < -0.39 is 23.2 Å². The molecule has 6 aromatic heterocycles. The zero-order valence-corrected chi connectivity index (χ0v) is 56.1. The number of aryl methyl sites for hydroxylation is 3. The van der Waals surface area contributed by atoms with E-state index in [9.17, 15) is 28.8 Å². The molecule has 29 heteroatoms. The van der Waals surface area contributed by atoms with E-state index >= 15 is 0 Å². The highest BCUT2D eigenvalue weighted by atomic mass is 35.5. The molecule has 9 aromatic rings. The number of aromatic amines is 3. The molecule has 0 aliphatic rings. The van der Waals surface area contributed by atoms with Gasteiger partial charge in [0.05, 0.1) is 35.5 Å². The van der Waals surface area contributed by atoms with Crippen LogP contribution in [-0.4, -0.2) is 161 Å². The number of carbonyl (C=O) groups excluding carboxylic acids is 6. The Balaban J connectivity index is 0.000000249. The Hall–Kier alpha value is -10.1. The standard InChI is InChI=1S/C24H31N5O4.C21H25N5O4.C19H23N5O2.C2H3ClO2.ClH/c1-24(2,3)33-23(31)26-14-7-15-29(17-8-5-9-18(16-17)32-4)21(30)12-11-20-19-10-6-13-25-22(19)28-27-20;1-29-16-7-3-6-15(14-16)26(13-5-12-23-21(28)30-2)19(27)10-9-18-17-8-4-11-22-20(17)25-24-18;1-26-15-6-2-5-14(13-15)24(12-4-10-20)18(25)9-8-17-16-7-3-11-21-19(16)23-22-17;1-5-2(3)4;/h5-6,8-10,13,16H,7,11-12,14-15H2,1-4H3,(H,26,31)(H,25,27,28);3-4,6-8,11,14H,5,9-10,12-13H2,1-2H3,(H,23,28)(H,22,24,25);2-3,5-7,11,13H,4,8-10,12,20H2,1H3,(H,21,22,23);1H3;1H. The number of nitrogens with two attached hydrogens (primary N) is 1. The van der Waals surface area contributed by atoms with Crippen LogP contribution in [0, 0.1) is 0 Å². The number of carbonyl (C=O) groups is 6. The molecule has 3 aromatic carbocycles. The molecule has 5 amide bonds. The van der Waals surface area contributed by atoms with Gasteiger partial charge in [0.15, 0.2) is 16.9 Å². The lowest BCUT2D eigenvalue weighted by Gasteiger charge is -2.24. The van der Waals surface area contributed by atoms with Gasteiger partial charge in [0.2, 0.25) is 17.7 Å². The molecule has 9 rings (SSSR count). The number of anilines is 3. The molecular weight excluding hydrogens is 1270 g/mol. The van der Waals surface area contributed by atoms with Crippen molar-refractivity contribution in [3.63, 3.8) is 0 Å². The highest BCUT2D eigenvalue weighted by molar-refractivity contribution is 6.61. The molecule has 0 fully saturated rings. The second kappa shape index (κ2) is 39.4. The second-order valence-corrected chi connectivity index (χ2v) is 21.9. The van der Waals surface area contributed by atoms with Crippen LogP contribution in [-0.2, 0) is 47.9 Å². The van der Waals surface area contributed by atoms with Crippen LogP contribution < -0.4 is 45.3 Å². The maximum absolute atomic E-state index is 13.2. The number of benzene rings is 3. The van der Waals surface area contributed by atoms with Crippen molar-refractivity contribution in [3.8, 4) is 17.2 Å². The molecule has 0 saturated carbocycles. The Kier molecular flexibility index (Phi) is 31.4. The van der Waals surface area contributed by atoms with Crippen molar-refractivity contribution in [1.29, 1.82) is 0 Å². The molecule has 95 heavy (non-hydrogen) atoms. The molecule has 0 aliphatic carbocycles. The number of fused-ring (bicyclic) bond motifs is 3. The number of nitrogens with one attached hydrogen (secondary N) is 5. The van der Waals surface area contributed by atoms with Crippen LogP contribution in [0.4, 0.5) is 31.4 Å². The predicted octanol–water partition coefficient (Wildman–Crippen LogP) is 10.2. The Labute approximate surface area is 561 Å². The summed E-state index contributed by atoms with van der Waals surface area (Å²) in [6.07, 6.45) is 8.56. The number of rotatable bonds is 26. The van der Waals surface area contributed by atoms with Crippen LogP contribution in [0.3, 0.4) is 0 Å². The molecule has 0 spiro atoms. The number of methoxy groups -OCH3 is 5. The minimum absolute atomic E-state index is 0. The van der Waals surface area contributed by atoms with Gasteiger partial charge in [0, 0.05) is 151 Å². The topological polar surface area (TPSA) is 342 Å². The Morgan fingerprint density at radius 1 is 0.495 bits per heavy atom. The van der Waals surface area contributed by atoms with Gasteiger partial charge in [-0.25, -0.2) is 29.3 Å². The van der Waals surface area contributed by atoms with E-state index in [0.29, 0.717) is 119 Å². The van der Waals surface area contributed by atoms with Crippen LogP contribution in [0.1, 0.15) is 76.4 Å². The molecule has 0 radical (unpaired) electrons. The third-order valence-electron chi connectivity index (χ3n) is 14.0. The van der Waals surface area contributed by atoms with Crippen LogP contribution in [0.5, 0.6) is 17.2 Å². The predicted molar refractivity (Wildman–Crippen MR) is 366 cm³/mol. The zero-order chi connectivity index (χ0) is 67.8. The summed E-state index contributed by atoms with van der Waals surface area (Å²) in [6, 6.07) is 33.6. The lowest BCUT2D eigenvalue weighted by Crippen LogP contribution is -2.36. The summed E-state index contributed by atoms with van der Waals surface area (Å²) >= 11 is 4.60. The first kappa shape index (κ1) is 75.6. The number of pyridine rings is 3. The van der Waals surface area contributed by atoms with E-state index in [1.54, 1.807) is 54.6 Å². The summed E-state index contributed by atoms with van der Waals surface area (Å²) in [5, 5.41) is 29.7. The van der Waals surface area contributed by atoms with Crippen molar-refractivity contribution in [2.45, 2.75) is 84.2 Å².